The lowest BCUT2D eigenvalue weighted by Gasteiger charge is -2.04. The Morgan fingerprint density at radius 2 is 2.40 bits per heavy atom. The zero-order valence-electron chi connectivity index (χ0n) is 8.32. The van der Waals surface area contributed by atoms with Gasteiger partial charge in [0, 0.05) is 0 Å². The summed E-state index contributed by atoms with van der Waals surface area (Å²) in [7, 11) is 0. The summed E-state index contributed by atoms with van der Waals surface area (Å²) in [6.07, 6.45) is 1.63. The molecule has 0 bridgehead atoms. The maximum atomic E-state index is 12.9. The van der Waals surface area contributed by atoms with E-state index < -0.39 is 0 Å². The zero-order chi connectivity index (χ0) is 10.7. The summed E-state index contributed by atoms with van der Waals surface area (Å²) in [5.74, 6) is -0.196. The van der Waals surface area contributed by atoms with Gasteiger partial charge in [0.25, 0.3) is 6.02 Å². The second kappa shape index (κ2) is 4.29. The number of amidine groups is 1. The van der Waals surface area contributed by atoms with Crippen LogP contribution in [0.3, 0.4) is 0 Å². The normalized spacial score (nSPS) is 19.8. The van der Waals surface area contributed by atoms with E-state index in [9.17, 15) is 4.39 Å². The maximum Gasteiger partial charge on any atom is 0.282 e. The molecule has 0 unspecified atom stereocenters. The van der Waals surface area contributed by atoms with E-state index in [-0.39, 0.29) is 17.9 Å². The van der Waals surface area contributed by atoms with E-state index in [4.69, 9.17) is 10.5 Å². The quantitative estimate of drug-likeness (QED) is 0.817. The van der Waals surface area contributed by atoms with Crippen molar-refractivity contribution >= 4 is 6.02 Å². The number of halogens is 1. The Labute approximate surface area is 87.8 Å². The molecule has 0 amide bonds. The second-order valence-corrected chi connectivity index (χ2v) is 3.60. The molecule has 80 valence electrons. The first-order valence-corrected chi connectivity index (χ1v) is 4.94. The van der Waals surface area contributed by atoms with Crippen LogP contribution in [0.1, 0.15) is 12.0 Å². The Morgan fingerprint density at radius 3 is 3.07 bits per heavy atom. The summed E-state index contributed by atoms with van der Waals surface area (Å²) in [5.41, 5.74) is 6.37. The molecule has 1 aromatic carbocycles. The molecule has 0 saturated heterocycles. The monoisotopic (exact) mass is 208 g/mol. The molecule has 3 nitrogen and oxygen atoms in total. The van der Waals surface area contributed by atoms with Crippen molar-refractivity contribution in [2.75, 3.05) is 6.61 Å². The van der Waals surface area contributed by atoms with Crippen molar-refractivity contribution in [3.63, 3.8) is 0 Å². The van der Waals surface area contributed by atoms with E-state index >= 15 is 0 Å². The summed E-state index contributed by atoms with van der Waals surface area (Å²) in [5, 5.41) is 0. The predicted octanol–water partition coefficient (Wildman–Crippen LogP) is 1.47. The summed E-state index contributed by atoms with van der Waals surface area (Å²) in [6.45, 7) is 0.543. The molecule has 1 aliphatic rings. The molecular weight excluding hydrogens is 195 g/mol. The van der Waals surface area contributed by atoms with Gasteiger partial charge in [-0.25, -0.2) is 9.38 Å². The third kappa shape index (κ3) is 2.68. The van der Waals surface area contributed by atoms with Gasteiger partial charge >= 0.3 is 0 Å². The topological polar surface area (TPSA) is 47.6 Å². The third-order valence-electron chi connectivity index (χ3n) is 2.39. The summed E-state index contributed by atoms with van der Waals surface area (Å²) < 4.78 is 17.9. The van der Waals surface area contributed by atoms with Gasteiger partial charge in [-0.05, 0) is 30.5 Å². The molecule has 0 aromatic heterocycles. The van der Waals surface area contributed by atoms with Crippen molar-refractivity contribution in [2.24, 2.45) is 10.7 Å². The minimum Gasteiger partial charge on any atom is -0.463 e. The number of hydrogen-bond acceptors (Lipinski definition) is 3. The van der Waals surface area contributed by atoms with E-state index in [1.165, 1.54) is 6.07 Å². The van der Waals surface area contributed by atoms with Gasteiger partial charge < -0.3 is 10.5 Å². The first-order chi connectivity index (χ1) is 7.24. The number of hydrogen-bond donors (Lipinski definition) is 1. The highest BCUT2D eigenvalue weighted by Gasteiger charge is 2.16. The van der Waals surface area contributed by atoms with Crippen LogP contribution in [0.25, 0.3) is 0 Å². The van der Waals surface area contributed by atoms with Gasteiger partial charge in [0.15, 0.2) is 0 Å². The van der Waals surface area contributed by atoms with E-state index in [0.717, 1.165) is 18.4 Å². The van der Waals surface area contributed by atoms with Crippen molar-refractivity contribution in [1.29, 1.82) is 0 Å². The minimum atomic E-state index is -0.196. The van der Waals surface area contributed by atoms with Gasteiger partial charge in [0.1, 0.15) is 12.4 Å². The Bertz CT molecular complexity index is 379. The highest BCUT2D eigenvalue weighted by Crippen LogP contribution is 2.12. The molecule has 4 heteroatoms. The van der Waals surface area contributed by atoms with Gasteiger partial charge in [0.2, 0.25) is 0 Å². The average Bonchev–Trinajstić information content (AvgIpc) is 2.62. The molecule has 1 atom stereocenters. The van der Waals surface area contributed by atoms with Crippen molar-refractivity contribution in [3.8, 4) is 0 Å². The third-order valence-corrected chi connectivity index (χ3v) is 2.39. The fourth-order valence-electron chi connectivity index (χ4n) is 1.61. The van der Waals surface area contributed by atoms with Crippen molar-refractivity contribution < 1.29 is 9.13 Å². The van der Waals surface area contributed by atoms with E-state index in [2.05, 4.69) is 4.99 Å². The molecule has 2 N–H and O–H groups in total. The van der Waals surface area contributed by atoms with Gasteiger partial charge in [-0.2, -0.15) is 0 Å². The Balaban J connectivity index is 1.88. The van der Waals surface area contributed by atoms with Crippen LogP contribution in [0.2, 0.25) is 0 Å². The summed E-state index contributed by atoms with van der Waals surface area (Å²) >= 11 is 0. The van der Waals surface area contributed by atoms with Crippen LogP contribution >= 0.6 is 0 Å². The Hall–Kier alpha value is -1.58. The smallest absolute Gasteiger partial charge is 0.282 e. The van der Waals surface area contributed by atoms with Crippen molar-refractivity contribution in [1.82, 2.24) is 0 Å². The number of nitrogens with two attached hydrogens (primary N) is 1. The van der Waals surface area contributed by atoms with Crippen LogP contribution in [0.15, 0.2) is 29.3 Å². The van der Waals surface area contributed by atoms with Gasteiger partial charge in [-0.3, -0.25) is 0 Å². The first kappa shape index (κ1) is 9.96. The van der Waals surface area contributed by atoms with E-state index in [1.54, 1.807) is 12.1 Å². The van der Waals surface area contributed by atoms with Crippen LogP contribution in [0.5, 0.6) is 0 Å². The molecule has 2 rings (SSSR count). The average molecular weight is 208 g/mol. The molecule has 1 aromatic rings. The summed E-state index contributed by atoms with van der Waals surface area (Å²) in [4.78, 5) is 4.10. The van der Waals surface area contributed by atoms with Crippen LogP contribution in [0, 0.1) is 5.82 Å². The Kier molecular flexibility index (Phi) is 2.85. The van der Waals surface area contributed by atoms with Gasteiger partial charge in [-0.1, -0.05) is 12.1 Å². The molecule has 1 heterocycles. The molecular formula is C11H13FN2O. The lowest BCUT2D eigenvalue weighted by Crippen LogP contribution is -2.10. The van der Waals surface area contributed by atoms with E-state index in [1.807, 2.05) is 6.07 Å². The number of nitrogens with zero attached hydrogens (tertiary/aromatic N) is 1. The molecule has 0 radical (unpaired) electrons. The standard InChI is InChI=1S/C11H13FN2O/c12-9-3-1-2-8(6-9)4-5-10-7-15-11(13)14-10/h1-3,6,10H,4-5,7H2,(H2,13,14)/t10-/m0/s1. The van der Waals surface area contributed by atoms with Gasteiger partial charge in [0.05, 0.1) is 6.04 Å². The SMILES string of the molecule is NC1=N[C@@H](CCc2cccc(F)c2)CO1. The number of aryl methyl sites for hydroxylation is 1. The molecule has 1 aliphatic heterocycles. The number of rotatable bonds is 3. The van der Waals surface area contributed by atoms with Crippen LogP contribution in [0.4, 0.5) is 4.39 Å². The van der Waals surface area contributed by atoms with Crippen LogP contribution in [-0.4, -0.2) is 18.7 Å². The Morgan fingerprint density at radius 1 is 1.53 bits per heavy atom. The molecule has 0 spiro atoms. The highest BCUT2D eigenvalue weighted by atomic mass is 19.1. The van der Waals surface area contributed by atoms with Crippen molar-refractivity contribution in [3.05, 3.63) is 35.6 Å². The largest absolute Gasteiger partial charge is 0.463 e. The molecule has 15 heavy (non-hydrogen) atoms. The number of aliphatic imine (C=N–C) groups is 1. The fraction of sp³-hybridized carbons (Fsp3) is 0.364. The highest BCUT2D eigenvalue weighted by molar-refractivity contribution is 5.72. The lowest BCUT2D eigenvalue weighted by atomic mass is 10.1. The summed E-state index contributed by atoms with van der Waals surface area (Å²) in [6, 6.07) is 6.99. The predicted molar refractivity (Wildman–Crippen MR) is 56.1 cm³/mol. The lowest BCUT2D eigenvalue weighted by molar-refractivity contribution is 0.308. The van der Waals surface area contributed by atoms with Crippen LogP contribution in [-0.2, 0) is 11.2 Å². The molecule has 0 fully saturated rings. The zero-order valence-corrected chi connectivity index (χ0v) is 8.32. The van der Waals surface area contributed by atoms with Crippen LogP contribution < -0.4 is 5.73 Å². The number of benzene rings is 1. The van der Waals surface area contributed by atoms with Crippen molar-refractivity contribution in [2.45, 2.75) is 18.9 Å². The van der Waals surface area contributed by atoms with E-state index in [0.29, 0.717) is 6.61 Å². The minimum absolute atomic E-state index is 0.119. The first-order valence-electron chi connectivity index (χ1n) is 4.94. The molecule has 0 aliphatic carbocycles. The number of ether oxygens (including phenoxy) is 1. The second-order valence-electron chi connectivity index (χ2n) is 3.60. The molecule has 0 saturated carbocycles. The van der Waals surface area contributed by atoms with Gasteiger partial charge in [-0.15, -0.1) is 0 Å². The fourth-order valence-corrected chi connectivity index (χ4v) is 1.61. The maximum absolute atomic E-state index is 12.9.